The Labute approximate surface area is 202 Å². The maximum atomic E-state index is 13.2. The van der Waals surface area contributed by atoms with Gasteiger partial charge in [-0.05, 0) is 53.4 Å². The zero-order valence-corrected chi connectivity index (χ0v) is 19.2. The van der Waals surface area contributed by atoms with E-state index in [-0.39, 0.29) is 49.4 Å². The van der Waals surface area contributed by atoms with E-state index in [0.717, 1.165) is 41.5 Å². The number of carbonyl (C=O) groups is 3. The number of rotatable bonds is 5. The molecule has 4 atom stereocenters. The minimum Gasteiger partial charge on any atom is -0.479 e. The fourth-order valence-electron chi connectivity index (χ4n) is 6.72. The van der Waals surface area contributed by atoms with Gasteiger partial charge in [-0.1, -0.05) is 48.5 Å². The molecule has 2 amide bonds. The Morgan fingerprint density at radius 3 is 2.20 bits per heavy atom. The molecule has 4 unspecified atom stereocenters. The second kappa shape index (κ2) is 8.09. The van der Waals surface area contributed by atoms with Gasteiger partial charge < -0.3 is 25.2 Å². The van der Waals surface area contributed by atoms with Crippen LogP contribution in [0.25, 0.3) is 11.1 Å². The molecule has 35 heavy (non-hydrogen) atoms. The highest BCUT2D eigenvalue weighted by Crippen LogP contribution is 2.50. The molecule has 1 saturated heterocycles. The molecule has 3 aliphatic carbocycles. The Bertz CT molecular complexity index is 1160. The molecule has 1 aliphatic heterocycles. The van der Waals surface area contributed by atoms with Crippen LogP contribution in [0.1, 0.15) is 36.3 Å². The molecule has 3 N–H and O–H groups in total. The van der Waals surface area contributed by atoms with Gasteiger partial charge in [0.2, 0.25) is 5.91 Å². The van der Waals surface area contributed by atoms with Gasteiger partial charge in [0, 0.05) is 12.0 Å². The summed E-state index contributed by atoms with van der Waals surface area (Å²) in [4.78, 5) is 38.7. The predicted octanol–water partition coefficient (Wildman–Crippen LogP) is 2.60. The minimum absolute atomic E-state index is 0.0413. The van der Waals surface area contributed by atoms with Crippen molar-refractivity contribution in [2.75, 3.05) is 19.7 Å². The number of ether oxygens (including phenoxy) is 1. The summed E-state index contributed by atoms with van der Waals surface area (Å²) in [6, 6.07) is 16.0. The van der Waals surface area contributed by atoms with Crippen molar-refractivity contribution in [3.05, 3.63) is 59.7 Å². The van der Waals surface area contributed by atoms with E-state index in [1.54, 1.807) is 0 Å². The first-order valence-electron chi connectivity index (χ1n) is 12.2. The van der Waals surface area contributed by atoms with E-state index < -0.39 is 23.6 Å². The highest BCUT2D eigenvalue weighted by molar-refractivity contribution is 5.87. The molecule has 182 valence electrons. The number of hydrogen-bond donors (Lipinski definition) is 3. The number of likely N-dealkylation sites (tertiary alicyclic amines) is 1. The highest BCUT2D eigenvalue weighted by Gasteiger charge is 2.57. The van der Waals surface area contributed by atoms with Crippen LogP contribution in [-0.4, -0.2) is 64.4 Å². The summed E-state index contributed by atoms with van der Waals surface area (Å²) >= 11 is 0. The molecule has 3 fully saturated rings. The molecule has 0 spiro atoms. The number of benzene rings is 2. The first-order valence-corrected chi connectivity index (χ1v) is 12.2. The molecule has 1 heterocycles. The molecule has 4 aliphatic rings. The van der Waals surface area contributed by atoms with Crippen molar-refractivity contribution >= 4 is 18.0 Å². The summed E-state index contributed by atoms with van der Waals surface area (Å²) in [7, 11) is 0. The van der Waals surface area contributed by atoms with Gasteiger partial charge in [0.25, 0.3) is 0 Å². The van der Waals surface area contributed by atoms with Gasteiger partial charge >= 0.3 is 12.1 Å². The number of fused-ring (bicyclic) bond motifs is 5. The lowest BCUT2D eigenvalue weighted by atomic mass is 9.81. The Morgan fingerprint density at radius 1 is 0.971 bits per heavy atom. The average Bonchev–Trinajstić information content (AvgIpc) is 3.52. The number of nitrogens with one attached hydrogen (secondary N) is 1. The third kappa shape index (κ3) is 3.50. The van der Waals surface area contributed by atoms with Crippen LogP contribution in [0, 0.1) is 17.8 Å². The van der Waals surface area contributed by atoms with Crippen LogP contribution in [0.2, 0.25) is 0 Å². The molecule has 0 aromatic heterocycles. The summed E-state index contributed by atoms with van der Waals surface area (Å²) < 4.78 is 5.71. The maximum absolute atomic E-state index is 13.2. The van der Waals surface area contributed by atoms with Crippen LogP contribution in [0.5, 0.6) is 0 Å². The number of β-amino-alcohol motifs (C(OH)–C–C–N with tert-alkyl or cyclic N) is 1. The van der Waals surface area contributed by atoms with Crippen LogP contribution >= 0.6 is 0 Å². The average molecular weight is 477 g/mol. The number of amides is 2. The van der Waals surface area contributed by atoms with Gasteiger partial charge in [-0.2, -0.15) is 0 Å². The fraction of sp³-hybridized carbons (Fsp3) is 0.444. The molecule has 2 aromatic rings. The Balaban J connectivity index is 1.12. The Hall–Kier alpha value is -3.39. The van der Waals surface area contributed by atoms with Crippen LogP contribution in [0.3, 0.4) is 0 Å². The predicted molar refractivity (Wildman–Crippen MR) is 125 cm³/mol. The molecular formula is C27H28N2O6. The summed E-state index contributed by atoms with van der Waals surface area (Å²) in [6.45, 7) is -0.226. The monoisotopic (exact) mass is 476 g/mol. The number of nitrogens with zero attached hydrogens (tertiary/aromatic N) is 1. The van der Waals surface area contributed by atoms with E-state index in [9.17, 15) is 19.5 Å². The quantitative estimate of drug-likeness (QED) is 0.611. The molecule has 2 aromatic carbocycles. The minimum atomic E-state index is -1.87. The third-order valence-electron chi connectivity index (χ3n) is 8.44. The lowest BCUT2D eigenvalue weighted by Crippen LogP contribution is -2.69. The van der Waals surface area contributed by atoms with E-state index in [4.69, 9.17) is 9.84 Å². The number of alkyl carbamates (subject to hydrolysis) is 1. The topological polar surface area (TPSA) is 116 Å². The molecule has 8 nitrogen and oxygen atoms in total. The molecule has 2 bridgehead atoms. The molecule has 2 saturated carbocycles. The summed E-state index contributed by atoms with van der Waals surface area (Å²) in [5.41, 5.74) is 2.72. The summed E-state index contributed by atoms with van der Waals surface area (Å²) in [5.74, 6) is -1.60. The Morgan fingerprint density at radius 2 is 1.57 bits per heavy atom. The Kier molecular flexibility index (Phi) is 5.11. The highest BCUT2D eigenvalue weighted by atomic mass is 16.5. The molecular weight excluding hydrogens is 448 g/mol. The standard InChI is InChI=1S/C27H28N2O6/c30-24(29-13-27(34,14-29)25(31)32)22-15-9-10-16(11-15)23(22)28-26(33)35-12-21-19-7-3-1-5-17(19)18-6-2-4-8-20(18)21/h1-8,15-16,21-23,34H,9-14H2,(H,28,33)(H,31,32). The van der Waals surface area contributed by atoms with Crippen molar-refractivity contribution < 1.29 is 29.3 Å². The largest absolute Gasteiger partial charge is 0.479 e. The van der Waals surface area contributed by atoms with E-state index in [1.165, 1.54) is 4.90 Å². The van der Waals surface area contributed by atoms with Gasteiger partial charge in [0.15, 0.2) is 5.60 Å². The van der Waals surface area contributed by atoms with Crippen LogP contribution in [0.15, 0.2) is 48.5 Å². The number of carbonyl (C=O) groups excluding carboxylic acids is 2. The van der Waals surface area contributed by atoms with Crippen molar-refractivity contribution in [3.8, 4) is 11.1 Å². The smallest absolute Gasteiger partial charge is 0.407 e. The van der Waals surface area contributed by atoms with E-state index in [1.807, 2.05) is 24.3 Å². The van der Waals surface area contributed by atoms with E-state index in [0.29, 0.717) is 0 Å². The van der Waals surface area contributed by atoms with Crippen molar-refractivity contribution in [2.45, 2.75) is 36.8 Å². The number of hydrogen-bond acceptors (Lipinski definition) is 5. The normalized spacial score (nSPS) is 27.6. The third-order valence-corrected chi connectivity index (χ3v) is 8.44. The van der Waals surface area contributed by atoms with Gasteiger partial charge in [-0.3, -0.25) is 4.79 Å². The van der Waals surface area contributed by atoms with Crippen molar-refractivity contribution in [3.63, 3.8) is 0 Å². The summed E-state index contributed by atoms with van der Waals surface area (Å²) in [5, 5.41) is 22.1. The second-order valence-electron chi connectivity index (χ2n) is 10.4. The maximum Gasteiger partial charge on any atom is 0.407 e. The summed E-state index contributed by atoms with van der Waals surface area (Å²) in [6.07, 6.45) is 2.19. The molecule has 8 heteroatoms. The zero-order chi connectivity index (χ0) is 24.3. The first kappa shape index (κ1) is 22.1. The van der Waals surface area contributed by atoms with Gasteiger partial charge in [-0.25, -0.2) is 9.59 Å². The molecule has 6 rings (SSSR count). The van der Waals surface area contributed by atoms with E-state index in [2.05, 4.69) is 29.6 Å². The zero-order valence-electron chi connectivity index (χ0n) is 19.2. The SMILES string of the molecule is O=C(NC1C2CCC(C2)C1C(=O)N1CC(O)(C(=O)O)C1)OCC1c2ccccc2-c2ccccc21. The first-order chi connectivity index (χ1) is 16.9. The molecule has 0 radical (unpaired) electrons. The van der Waals surface area contributed by atoms with Gasteiger partial charge in [-0.15, -0.1) is 0 Å². The number of aliphatic carboxylic acids is 1. The second-order valence-corrected chi connectivity index (χ2v) is 10.4. The van der Waals surface area contributed by atoms with Crippen molar-refractivity contribution in [2.24, 2.45) is 17.8 Å². The van der Waals surface area contributed by atoms with Crippen LogP contribution < -0.4 is 5.32 Å². The van der Waals surface area contributed by atoms with Gasteiger partial charge in [0.1, 0.15) is 6.61 Å². The van der Waals surface area contributed by atoms with Gasteiger partial charge in [0.05, 0.1) is 19.0 Å². The van der Waals surface area contributed by atoms with Crippen molar-refractivity contribution in [1.29, 1.82) is 0 Å². The van der Waals surface area contributed by atoms with Crippen LogP contribution in [-0.2, 0) is 14.3 Å². The number of aliphatic hydroxyl groups is 1. The fourth-order valence-corrected chi connectivity index (χ4v) is 6.72. The van der Waals surface area contributed by atoms with Crippen LogP contribution in [0.4, 0.5) is 4.79 Å². The lowest BCUT2D eigenvalue weighted by molar-refractivity contribution is -0.184. The number of carboxylic acid groups (broad SMARTS) is 1. The lowest BCUT2D eigenvalue weighted by Gasteiger charge is -2.46. The number of carboxylic acids is 1. The van der Waals surface area contributed by atoms with E-state index >= 15 is 0 Å². The van der Waals surface area contributed by atoms with Crippen molar-refractivity contribution in [1.82, 2.24) is 10.2 Å².